The maximum atomic E-state index is 12.7. The summed E-state index contributed by atoms with van der Waals surface area (Å²) >= 11 is 0. The van der Waals surface area contributed by atoms with Crippen LogP contribution in [-0.4, -0.2) is 30.9 Å². The molecule has 8 heteroatoms. The van der Waals surface area contributed by atoms with Crippen molar-refractivity contribution in [1.82, 2.24) is 24.7 Å². The molecule has 0 amide bonds. The van der Waals surface area contributed by atoms with Crippen LogP contribution in [-0.2, 0) is 19.4 Å². The Morgan fingerprint density at radius 2 is 2.26 bits per heavy atom. The van der Waals surface area contributed by atoms with E-state index in [1.54, 1.807) is 11.0 Å². The summed E-state index contributed by atoms with van der Waals surface area (Å²) in [6, 6.07) is 0. The van der Waals surface area contributed by atoms with E-state index in [0.717, 1.165) is 5.69 Å². The third-order valence-electron chi connectivity index (χ3n) is 3.33. The summed E-state index contributed by atoms with van der Waals surface area (Å²) in [7, 11) is 0. The molecule has 5 nitrogen and oxygen atoms in total. The summed E-state index contributed by atoms with van der Waals surface area (Å²) < 4.78 is 39.6. The van der Waals surface area contributed by atoms with E-state index in [-0.39, 0.29) is 12.8 Å². The number of aryl methyl sites for hydroxylation is 1. The van der Waals surface area contributed by atoms with Crippen LogP contribution in [0.3, 0.4) is 0 Å². The smallest absolute Gasteiger partial charge is 0.344 e. The normalized spacial score (nSPS) is 19.4. The van der Waals surface area contributed by atoms with Crippen molar-refractivity contribution >= 4 is 0 Å². The number of halogens is 3. The second-order valence-corrected chi connectivity index (χ2v) is 4.68. The fourth-order valence-electron chi connectivity index (χ4n) is 2.36. The zero-order valence-corrected chi connectivity index (χ0v) is 9.98. The first-order valence-electron chi connectivity index (χ1n) is 5.98. The number of alkyl halides is 3. The van der Waals surface area contributed by atoms with Crippen molar-refractivity contribution in [2.45, 2.75) is 32.0 Å². The Balaban J connectivity index is 1.77. The van der Waals surface area contributed by atoms with Crippen LogP contribution in [0.4, 0.5) is 13.2 Å². The molecule has 0 aliphatic heterocycles. The summed E-state index contributed by atoms with van der Waals surface area (Å²) in [4.78, 5) is 11.1. The number of rotatable bonds is 2. The van der Waals surface area contributed by atoms with Crippen molar-refractivity contribution < 1.29 is 13.2 Å². The summed E-state index contributed by atoms with van der Waals surface area (Å²) in [5.74, 6) is -0.641. The van der Waals surface area contributed by atoms with Gasteiger partial charge in [-0.1, -0.05) is 0 Å². The van der Waals surface area contributed by atoms with Crippen molar-refractivity contribution in [2.75, 3.05) is 0 Å². The number of fused-ring (bicyclic) bond motifs is 1. The minimum Gasteiger partial charge on any atom is -0.344 e. The molecule has 0 spiro atoms. The van der Waals surface area contributed by atoms with Gasteiger partial charge < -0.3 is 4.98 Å². The molecule has 0 bridgehead atoms. The molecule has 0 fully saturated rings. The van der Waals surface area contributed by atoms with Crippen molar-refractivity contribution in [3.63, 3.8) is 0 Å². The van der Waals surface area contributed by atoms with Crippen LogP contribution in [0.5, 0.6) is 0 Å². The Labute approximate surface area is 106 Å². The lowest BCUT2D eigenvalue weighted by molar-refractivity contribution is -0.177. The first-order valence-corrected chi connectivity index (χ1v) is 5.98. The van der Waals surface area contributed by atoms with E-state index in [9.17, 15) is 13.2 Å². The Bertz CT molecular complexity index is 557. The Morgan fingerprint density at radius 3 is 2.95 bits per heavy atom. The second-order valence-electron chi connectivity index (χ2n) is 4.68. The molecule has 1 unspecified atom stereocenters. The van der Waals surface area contributed by atoms with Crippen molar-refractivity contribution in [1.29, 1.82) is 0 Å². The van der Waals surface area contributed by atoms with Crippen LogP contribution >= 0.6 is 0 Å². The van der Waals surface area contributed by atoms with E-state index in [0.29, 0.717) is 24.5 Å². The van der Waals surface area contributed by atoms with Crippen LogP contribution < -0.4 is 0 Å². The first-order chi connectivity index (χ1) is 9.02. The fourth-order valence-corrected chi connectivity index (χ4v) is 2.36. The summed E-state index contributed by atoms with van der Waals surface area (Å²) in [5, 5.41) is 3.94. The van der Waals surface area contributed by atoms with Gasteiger partial charge in [-0.25, -0.2) is 14.6 Å². The van der Waals surface area contributed by atoms with Crippen LogP contribution in [0.1, 0.15) is 23.6 Å². The van der Waals surface area contributed by atoms with Gasteiger partial charge in [0.1, 0.15) is 25.0 Å². The molecule has 0 saturated heterocycles. The fraction of sp³-hybridized carbons (Fsp3) is 0.545. The number of hydrogen-bond acceptors (Lipinski definition) is 3. The van der Waals surface area contributed by atoms with Crippen LogP contribution in [0.25, 0.3) is 0 Å². The summed E-state index contributed by atoms with van der Waals surface area (Å²) in [6.45, 7) is 0.393. The highest BCUT2D eigenvalue weighted by Crippen LogP contribution is 2.36. The molecule has 0 radical (unpaired) electrons. The quantitative estimate of drug-likeness (QED) is 0.904. The van der Waals surface area contributed by atoms with Crippen molar-refractivity contribution in [2.24, 2.45) is 5.92 Å². The SMILES string of the molecule is FC(F)(F)C1CCc2nc(Cn3cncn3)[nH]c2C1. The zero-order valence-electron chi connectivity index (χ0n) is 9.98. The highest BCUT2D eigenvalue weighted by atomic mass is 19.4. The van der Waals surface area contributed by atoms with Gasteiger partial charge in [-0.15, -0.1) is 0 Å². The van der Waals surface area contributed by atoms with Gasteiger partial charge in [-0.2, -0.15) is 18.3 Å². The average Bonchev–Trinajstić information content (AvgIpc) is 2.95. The molecule has 102 valence electrons. The van der Waals surface area contributed by atoms with E-state index in [1.807, 2.05) is 0 Å². The maximum Gasteiger partial charge on any atom is 0.392 e. The lowest BCUT2D eigenvalue weighted by atomic mass is 9.89. The average molecular weight is 271 g/mol. The summed E-state index contributed by atoms with van der Waals surface area (Å²) in [5.41, 5.74) is 1.35. The molecular weight excluding hydrogens is 259 g/mol. The van der Waals surface area contributed by atoms with Crippen LogP contribution in [0, 0.1) is 5.92 Å². The zero-order chi connectivity index (χ0) is 13.5. The topological polar surface area (TPSA) is 59.4 Å². The molecule has 0 aromatic carbocycles. The highest BCUT2D eigenvalue weighted by molar-refractivity contribution is 5.19. The number of aromatic amines is 1. The lowest BCUT2D eigenvalue weighted by Gasteiger charge is -2.23. The standard InChI is InChI=1S/C11H12F3N5/c12-11(13,14)7-1-2-8-9(3-7)18-10(17-8)4-19-6-15-5-16-19/h5-7H,1-4H2,(H,17,18). The van der Waals surface area contributed by atoms with Gasteiger partial charge in [0.2, 0.25) is 0 Å². The predicted molar refractivity (Wildman–Crippen MR) is 59.3 cm³/mol. The third kappa shape index (κ3) is 2.47. The molecule has 1 aliphatic rings. The molecule has 2 heterocycles. The molecule has 2 aromatic rings. The molecule has 0 saturated carbocycles. The predicted octanol–water partition coefficient (Wildman–Crippen LogP) is 1.72. The lowest BCUT2D eigenvalue weighted by Crippen LogP contribution is -2.28. The molecule has 2 aromatic heterocycles. The van der Waals surface area contributed by atoms with Gasteiger partial charge in [0, 0.05) is 12.1 Å². The highest BCUT2D eigenvalue weighted by Gasteiger charge is 2.41. The molecule has 1 atom stereocenters. The Morgan fingerprint density at radius 1 is 1.42 bits per heavy atom. The minimum atomic E-state index is -4.13. The number of nitrogens with zero attached hydrogens (tertiary/aromatic N) is 4. The van der Waals surface area contributed by atoms with E-state index in [2.05, 4.69) is 20.1 Å². The van der Waals surface area contributed by atoms with E-state index < -0.39 is 12.1 Å². The molecule has 1 N–H and O–H groups in total. The van der Waals surface area contributed by atoms with Crippen LogP contribution in [0.2, 0.25) is 0 Å². The maximum absolute atomic E-state index is 12.7. The van der Waals surface area contributed by atoms with Crippen molar-refractivity contribution in [3.05, 3.63) is 29.9 Å². The number of hydrogen-bond donors (Lipinski definition) is 1. The van der Waals surface area contributed by atoms with Gasteiger partial charge in [0.25, 0.3) is 0 Å². The first kappa shape index (κ1) is 12.2. The van der Waals surface area contributed by atoms with Gasteiger partial charge in [-0.05, 0) is 12.8 Å². The summed E-state index contributed by atoms with van der Waals surface area (Å²) in [6.07, 6.45) is -0.710. The molecular formula is C11H12F3N5. The van der Waals surface area contributed by atoms with E-state index in [1.165, 1.54) is 6.33 Å². The Hall–Kier alpha value is -1.86. The van der Waals surface area contributed by atoms with Crippen LogP contribution in [0.15, 0.2) is 12.7 Å². The van der Waals surface area contributed by atoms with Gasteiger partial charge in [-0.3, -0.25) is 0 Å². The second kappa shape index (κ2) is 4.36. The van der Waals surface area contributed by atoms with Gasteiger partial charge in [0.15, 0.2) is 0 Å². The van der Waals surface area contributed by atoms with Gasteiger partial charge in [0.05, 0.1) is 11.6 Å². The number of aromatic nitrogens is 5. The molecule has 1 aliphatic carbocycles. The molecule has 3 rings (SSSR count). The number of nitrogens with one attached hydrogen (secondary N) is 1. The van der Waals surface area contributed by atoms with E-state index in [4.69, 9.17) is 0 Å². The van der Waals surface area contributed by atoms with Gasteiger partial charge >= 0.3 is 6.18 Å². The third-order valence-corrected chi connectivity index (χ3v) is 3.33. The van der Waals surface area contributed by atoms with Crippen molar-refractivity contribution in [3.8, 4) is 0 Å². The Kier molecular flexibility index (Phi) is 2.79. The van der Waals surface area contributed by atoms with E-state index >= 15 is 0 Å². The minimum absolute atomic E-state index is 0.0107. The number of H-pyrrole nitrogens is 1. The molecule has 19 heavy (non-hydrogen) atoms. The largest absolute Gasteiger partial charge is 0.392 e. The monoisotopic (exact) mass is 271 g/mol. The number of imidazole rings is 1.